The van der Waals surface area contributed by atoms with Crippen LogP contribution in [0.4, 0.5) is 0 Å². The molecule has 0 aliphatic carbocycles. The molecule has 0 aliphatic heterocycles. The van der Waals surface area contributed by atoms with Crippen molar-refractivity contribution >= 4 is 17.7 Å². The first-order valence-electron chi connectivity index (χ1n) is 3.59. The Bertz CT molecular complexity index is 264. The predicted molar refractivity (Wildman–Crippen MR) is 43.3 cm³/mol. The van der Waals surface area contributed by atoms with Crippen LogP contribution in [0.1, 0.15) is 19.8 Å². The number of carboxylic acid groups (broad SMARTS) is 2. The van der Waals surface area contributed by atoms with Crippen molar-refractivity contribution in [1.82, 2.24) is 0 Å². The zero-order valence-corrected chi connectivity index (χ0v) is 7.11. The maximum atomic E-state index is 10.5. The molecule has 0 atom stereocenters. The van der Waals surface area contributed by atoms with Gasteiger partial charge in [-0.15, -0.1) is 0 Å². The van der Waals surface area contributed by atoms with E-state index < -0.39 is 11.9 Å². The van der Waals surface area contributed by atoms with Crippen molar-refractivity contribution in [1.29, 1.82) is 0 Å². The van der Waals surface area contributed by atoms with Crippen LogP contribution in [-0.2, 0) is 14.4 Å². The van der Waals surface area contributed by atoms with Crippen molar-refractivity contribution in [3.63, 3.8) is 0 Å². The highest BCUT2D eigenvalue weighted by atomic mass is 16.4. The van der Waals surface area contributed by atoms with E-state index in [1.54, 1.807) is 0 Å². The van der Waals surface area contributed by atoms with Crippen LogP contribution in [0.3, 0.4) is 0 Å². The van der Waals surface area contributed by atoms with E-state index in [2.05, 4.69) is 0 Å². The third kappa shape index (κ3) is 5.60. The average Bonchev–Trinajstić information content (AvgIpc) is 1.96. The third-order valence-electron chi connectivity index (χ3n) is 1.32. The summed E-state index contributed by atoms with van der Waals surface area (Å²) in [4.78, 5) is 31.0. The third-order valence-corrected chi connectivity index (χ3v) is 1.32. The van der Waals surface area contributed by atoms with Gasteiger partial charge in [-0.25, -0.2) is 9.59 Å². The fraction of sp³-hybridized carbons (Fsp3) is 0.375. The molecule has 0 aromatic heterocycles. The molecule has 0 aromatic carbocycles. The summed E-state index contributed by atoms with van der Waals surface area (Å²) in [7, 11) is 0. The second-order valence-electron chi connectivity index (χ2n) is 2.51. The van der Waals surface area contributed by atoms with Crippen LogP contribution in [0.15, 0.2) is 11.6 Å². The Hall–Kier alpha value is -1.65. The van der Waals surface area contributed by atoms with Gasteiger partial charge in [-0.05, 0) is 13.3 Å². The zero-order valence-electron chi connectivity index (χ0n) is 7.11. The summed E-state index contributed by atoms with van der Waals surface area (Å²) >= 11 is 0. The number of carboxylic acids is 2. The van der Waals surface area contributed by atoms with Crippen LogP contribution in [0.2, 0.25) is 0 Å². The van der Waals surface area contributed by atoms with Crippen LogP contribution in [0, 0.1) is 0 Å². The van der Waals surface area contributed by atoms with Crippen molar-refractivity contribution < 1.29 is 24.6 Å². The molecule has 0 unspecified atom stereocenters. The molecule has 0 rings (SSSR count). The minimum atomic E-state index is -1.32. The molecule has 0 radical (unpaired) electrons. The summed E-state index contributed by atoms with van der Waals surface area (Å²) in [5.74, 6) is -2.79. The molecule has 13 heavy (non-hydrogen) atoms. The van der Waals surface area contributed by atoms with Crippen LogP contribution in [0.25, 0.3) is 0 Å². The molecule has 0 amide bonds. The number of hydrogen-bond acceptors (Lipinski definition) is 3. The van der Waals surface area contributed by atoms with E-state index in [1.165, 1.54) is 6.92 Å². The minimum absolute atomic E-state index is 0.0447. The maximum Gasteiger partial charge on any atom is 0.331 e. The SMILES string of the molecule is CC(=O)CC/C(=C/C(=O)O)C(=O)O. The first kappa shape index (κ1) is 11.4. The van der Waals surface area contributed by atoms with Gasteiger partial charge in [-0.3, -0.25) is 0 Å². The summed E-state index contributed by atoms with van der Waals surface area (Å²) in [6.45, 7) is 1.32. The number of Topliss-reactive ketones (excluding diaryl/α,β-unsaturated/α-hetero) is 1. The Morgan fingerprint density at radius 2 is 1.69 bits per heavy atom. The summed E-state index contributed by atoms with van der Waals surface area (Å²) < 4.78 is 0. The minimum Gasteiger partial charge on any atom is -0.478 e. The standard InChI is InChI=1S/C8H10O5/c1-5(9)2-3-6(8(12)13)4-7(10)11/h4H,2-3H2,1H3,(H,10,11)(H,12,13)/b6-4-. The van der Waals surface area contributed by atoms with E-state index in [9.17, 15) is 14.4 Å². The van der Waals surface area contributed by atoms with E-state index in [0.717, 1.165) is 0 Å². The van der Waals surface area contributed by atoms with Crippen LogP contribution in [0.5, 0.6) is 0 Å². The normalized spacial score (nSPS) is 11.0. The molecule has 0 heterocycles. The second-order valence-corrected chi connectivity index (χ2v) is 2.51. The van der Waals surface area contributed by atoms with E-state index >= 15 is 0 Å². The van der Waals surface area contributed by atoms with Gasteiger partial charge in [0, 0.05) is 18.1 Å². The number of hydrogen-bond donors (Lipinski definition) is 2. The van der Waals surface area contributed by atoms with E-state index in [-0.39, 0.29) is 24.2 Å². The highest BCUT2D eigenvalue weighted by molar-refractivity contribution is 5.95. The van der Waals surface area contributed by atoms with Gasteiger partial charge in [-0.2, -0.15) is 0 Å². The molecule has 0 bridgehead atoms. The van der Waals surface area contributed by atoms with E-state index in [1.807, 2.05) is 0 Å². The maximum absolute atomic E-state index is 10.5. The number of carbonyl (C=O) groups is 3. The average molecular weight is 186 g/mol. The first-order valence-corrected chi connectivity index (χ1v) is 3.59. The molecule has 0 aromatic rings. The van der Waals surface area contributed by atoms with Crippen molar-refractivity contribution in [2.24, 2.45) is 0 Å². The molecule has 0 aliphatic rings. The lowest BCUT2D eigenvalue weighted by Crippen LogP contribution is -2.05. The van der Waals surface area contributed by atoms with Gasteiger partial charge in [0.25, 0.3) is 0 Å². The monoisotopic (exact) mass is 186 g/mol. The van der Waals surface area contributed by atoms with Crippen molar-refractivity contribution in [2.75, 3.05) is 0 Å². The Morgan fingerprint density at radius 3 is 2.00 bits per heavy atom. The molecule has 0 saturated carbocycles. The molecular weight excluding hydrogens is 176 g/mol. The van der Waals surface area contributed by atoms with Crippen molar-refractivity contribution in [3.05, 3.63) is 11.6 Å². The summed E-state index contributed by atoms with van der Waals surface area (Å²) in [5, 5.41) is 16.8. The smallest absolute Gasteiger partial charge is 0.331 e. The Labute approximate surface area is 74.7 Å². The lowest BCUT2D eigenvalue weighted by molar-refractivity contribution is -0.135. The molecule has 5 nitrogen and oxygen atoms in total. The van der Waals surface area contributed by atoms with Crippen molar-refractivity contribution in [3.8, 4) is 0 Å². The molecular formula is C8H10O5. The summed E-state index contributed by atoms with van der Waals surface area (Å²) in [5.41, 5.74) is -0.261. The fourth-order valence-corrected chi connectivity index (χ4v) is 0.701. The number of ketones is 1. The number of carbonyl (C=O) groups excluding carboxylic acids is 1. The largest absolute Gasteiger partial charge is 0.478 e. The summed E-state index contributed by atoms with van der Waals surface area (Å²) in [6.07, 6.45) is 0.605. The lowest BCUT2D eigenvalue weighted by Gasteiger charge is -1.97. The van der Waals surface area contributed by atoms with Gasteiger partial charge in [0.2, 0.25) is 0 Å². The van der Waals surface area contributed by atoms with Crippen LogP contribution in [-0.4, -0.2) is 27.9 Å². The van der Waals surface area contributed by atoms with Gasteiger partial charge in [0.1, 0.15) is 5.78 Å². The Balaban J connectivity index is 4.36. The van der Waals surface area contributed by atoms with E-state index in [0.29, 0.717) is 6.08 Å². The zero-order chi connectivity index (χ0) is 10.4. The second kappa shape index (κ2) is 5.08. The molecule has 0 spiro atoms. The number of rotatable bonds is 5. The Morgan fingerprint density at radius 1 is 1.15 bits per heavy atom. The number of aliphatic carboxylic acids is 2. The van der Waals surface area contributed by atoms with Gasteiger partial charge in [0.15, 0.2) is 0 Å². The fourth-order valence-electron chi connectivity index (χ4n) is 0.701. The van der Waals surface area contributed by atoms with Crippen molar-refractivity contribution in [2.45, 2.75) is 19.8 Å². The lowest BCUT2D eigenvalue weighted by atomic mass is 10.1. The molecule has 5 heteroatoms. The molecule has 72 valence electrons. The topological polar surface area (TPSA) is 91.7 Å². The van der Waals surface area contributed by atoms with Gasteiger partial charge >= 0.3 is 11.9 Å². The highest BCUT2D eigenvalue weighted by Gasteiger charge is 2.09. The summed E-state index contributed by atoms with van der Waals surface area (Å²) in [6, 6.07) is 0. The molecule has 0 saturated heterocycles. The van der Waals surface area contributed by atoms with Gasteiger partial charge in [-0.1, -0.05) is 0 Å². The Kier molecular flexibility index (Phi) is 4.43. The van der Waals surface area contributed by atoms with Gasteiger partial charge < -0.3 is 15.0 Å². The van der Waals surface area contributed by atoms with Crippen LogP contribution < -0.4 is 0 Å². The predicted octanol–water partition coefficient (Wildman–Crippen LogP) is 0.451. The van der Waals surface area contributed by atoms with E-state index in [4.69, 9.17) is 10.2 Å². The van der Waals surface area contributed by atoms with Gasteiger partial charge in [0.05, 0.1) is 0 Å². The quantitative estimate of drug-likeness (QED) is 0.608. The molecule has 0 fully saturated rings. The molecule has 2 N–H and O–H groups in total. The highest BCUT2D eigenvalue weighted by Crippen LogP contribution is 2.05. The van der Waals surface area contributed by atoms with Crippen LogP contribution >= 0.6 is 0 Å². The first-order chi connectivity index (χ1) is 5.93.